The van der Waals surface area contributed by atoms with E-state index in [1.54, 1.807) is 0 Å². The Morgan fingerprint density at radius 2 is 1.81 bits per heavy atom. The summed E-state index contributed by atoms with van der Waals surface area (Å²) in [4.78, 5) is 32.1. The Balaban J connectivity index is 2.16. The molecule has 0 aliphatic rings. The fourth-order valence-electron chi connectivity index (χ4n) is 2.59. The van der Waals surface area contributed by atoms with Gasteiger partial charge in [0.2, 0.25) is 5.82 Å². The topological polar surface area (TPSA) is 110 Å². The van der Waals surface area contributed by atoms with Gasteiger partial charge in [-0.25, -0.2) is 14.4 Å². The van der Waals surface area contributed by atoms with Crippen LogP contribution in [0.15, 0.2) is 47.5 Å². The number of nitrogens with one attached hydrogen (secondary N) is 1. The molecule has 168 valence electrons. The second kappa shape index (κ2) is 8.83. The maximum Gasteiger partial charge on any atom is 0.451 e. The van der Waals surface area contributed by atoms with E-state index in [2.05, 4.69) is 20.4 Å². The van der Waals surface area contributed by atoms with Gasteiger partial charge in [-0.1, -0.05) is 6.07 Å². The smallest absolute Gasteiger partial charge is 0.391 e. The molecule has 0 aliphatic carbocycles. The molecule has 0 saturated heterocycles. The summed E-state index contributed by atoms with van der Waals surface area (Å²) in [5, 5.41) is 16.1. The Hall–Kier alpha value is -3.67. The molecule has 3 aromatic rings. The van der Waals surface area contributed by atoms with Crippen molar-refractivity contribution in [3.63, 3.8) is 0 Å². The lowest BCUT2D eigenvalue weighted by molar-refractivity contribution is -0.144. The van der Waals surface area contributed by atoms with Crippen LogP contribution in [-0.2, 0) is 6.18 Å². The number of carbonyl (C=O) groups is 1. The molecule has 0 spiro atoms. The lowest BCUT2D eigenvalue weighted by Crippen LogP contribution is -2.42. The van der Waals surface area contributed by atoms with E-state index < -0.39 is 47.0 Å². The molecule has 0 saturated carbocycles. The number of benzene rings is 1. The van der Waals surface area contributed by atoms with Gasteiger partial charge in [-0.2, -0.15) is 23.0 Å². The second-order valence-electron chi connectivity index (χ2n) is 6.94. The molecule has 12 heteroatoms. The van der Waals surface area contributed by atoms with Crippen LogP contribution in [-0.4, -0.2) is 42.9 Å². The minimum Gasteiger partial charge on any atom is -0.391 e. The number of alkyl halides is 3. The van der Waals surface area contributed by atoms with Gasteiger partial charge >= 0.3 is 6.18 Å². The Labute approximate surface area is 178 Å². The van der Waals surface area contributed by atoms with Crippen molar-refractivity contribution in [1.82, 2.24) is 25.1 Å². The zero-order chi connectivity index (χ0) is 23.6. The van der Waals surface area contributed by atoms with E-state index in [0.717, 1.165) is 35.3 Å². The first kappa shape index (κ1) is 23.0. The van der Waals surface area contributed by atoms with Gasteiger partial charge in [0.15, 0.2) is 0 Å². The van der Waals surface area contributed by atoms with Crippen molar-refractivity contribution in [3.05, 3.63) is 70.3 Å². The number of halogens is 4. The van der Waals surface area contributed by atoms with Crippen LogP contribution >= 0.6 is 0 Å². The lowest BCUT2D eigenvalue weighted by atomic mass is 10.1. The third-order valence-corrected chi connectivity index (χ3v) is 4.49. The first-order valence-electron chi connectivity index (χ1n) is 9.26. The van der Waals surface area contributed by atoms with E-state index in [1.165, 1.54) is 26.0 Å². The Kier molecular flexibility index (Phi) is 6.35. The van der Waals surface area contributed by atoms with E-state index in [1.807, 2.05) is 0 Å². The minimum atomic E-state index is -4.76. The van der Waals surface area contributed by atoms with E-state index >= 15 is 0 Å². The minimum absolute atomic E-state index is 0.0118. The number of amides is 1. The van der Waals surface area contributed by atoms with Crippen LogP contribution in [0, 0.1) is 5.82 Å². The van der Waals surface area contributed by atoms with Crippen molar-refractivity contribution in [2.75, 3.05) is 0 Å². The molecule has 2 N–H and O–H groups in total. The van der Waals surface area contributed by atoms with Crippen LogP contribution in [0.3, 0.4) is 0 Å². The van der Waals surface area contributed by atoms with E-state index in [-0.39, 0.29) is 16.9 Å². The first-order chi connectivity index (χ1) is 15.0. The number of aliphatic hydroxyl groups excluding tert-OH is 1. The molecule has 0 fully saturated rings. The van der Waals surface area contributed by atoms with E-state index in [0.29, 0.717) is 0 Å². The lowest BCUT2D eigenvalue weighted by Gasteiger charge is -2.17. The fraction of sp³-hybridized carbons (Fsp3) is 0.250. The van der Waals surface area contributed by atoms with Gasteiger partial charge in [-0.3, -0.25) is 9.59 Å². The standard InChI is InChI=1S/C20H17F4N5O3/c1-10(11(2)30)27-17(31)15-7-16(12-8-25-19(26-9-12)20(22,23)24)28-29(18(15)32)14-5-3-4-13(21)6-14/h3-11,30H,1-2H3,(H,27,31). The molecule has 2 aromatic heterocycles. The van der Waals surface area contributed by atoms with Gasteiger partial charge in [0.1, 0.15) is 11.4 Å². The van der Waals surface area contributed by atoms with Crippen LogP contribution in [0.2, 0.25) is 0 Å². The number of hydrogen-bond acceptors (Lipinski definition) is 6. The molecule has 3 rings (SSSR count). The predicted octanol–water partition coefficient (Wildman–Crippen LogP) is 2.35. The van der Waals surface area contributed by atoms with Crippen LogP contribution in [0.1, 0.15) is 30.0 Å². The van der Waals surface area contributed by atoms with Crippen LogP contribution < -0.4 is 10.9 Å². The number of carbonyl (C=O) groups excluding carboxylic acids is 1. The van der Waals surface area contributed by atoms with E-state index in [4.69, 9.17) is 0 Å². The van der Waals surface area contributed by atoms with Crippen molar-refractivity contribution in [1.29, 1.82) is 0 Å². The average molecular weight is 451 g/mol. The number of rotatable bonds is 5. The summed E-state index contributed by atoms with van der Waals surface area (Å²) in [6, 6.07) is 5.18. The summed E-state index contributed by atoms with van der Waals surface area (Å²) in [6.07, 6.45) is -3.99. The largest absolute Gasteiger partial charge is 0.451 e. The first-order valence-corrected chi connectivity index (χ1v) is 9.26. The highest BCUT2D eigenvalue weighted by molar-refractivity contribution is 5.95. The third kappa shape index (κ3) is 4.97. The Morgan fingerprint density at radius 3 is 2.38 bits per heavy atom. The summed E-state index contributed by atoms with van der Waals surface area (Å²) in [5.41, 5.74) is -1.45. The van der Waals surface area contributed by atoms with Gasteiger partial charge in [-0.05, 0) is 38.1 Å². The fourth-order valence-corrected chi connectivity index (χ4v) is 2.59. The van der Waals surface area contributed by atoms with Crippen molar-refractivity contribution >= 4 is 5.91 Å². The molecule has 0 aliphatic heterocycles. The quantitative estimate of drug-likeness (QED) is 0.577. The molecule has 8 nitrogen and oxygen atoms in total. The van der Waals surface area contributed by atoms with Crippen LogP contribution in [0.25, 0.3) is 16.9 Å². The summed E-state index contributed by atoms with van der Waals surface area (Å²) in [5.74, 6) is -2.90. The number of aromatic nitrogens is 4. The summed E-state index contributed by atoms with van der Waals surface area (Å²) in [7, 11) is 0. The molecule has 1 amide bonds. The maximum atomic E-state index is 13.7. The van der Waals surface area contributed by atoms with Gasteiger partial charge in [0, 0.05) is 18.0 Å². The number of nitrogens with zero attached hydrogens (tertiary/aromatic N) is 4. The maximum absolute atomic E-state index is 13.7. The van der Waals surface area contributed by atoms with Crippen molar-refractivity contribution < 1.29 is 27.5 Å². The summed E-state index contributed by atoms with van der Waals surface area (Å²) >= 11 is 0. The molecule has 2 unspecified atom stereocenters. The van der Waals surface area contributed by atoms with Crippen molar-refractivity contribution in [3.8, 4) is 16.9 Å². The highest BCUT2D eigenvalue weighted by atomic mass is 19.4. The molecule has 1 aromatic carbocycles. The Morgan fingerprint density at radius 1 is 1.16 bits per heavy atom. The Bertz CT molecular complexity index is 1190. The van der Waals surface area contributed by atoms with Crippen molar-refractivity contribution in [2.45, 2.75) is 32.2 Å². The second-order valence-corrected chi connectivity index (χ2v) is 6.94. The zero-order valence-electron chi connectivity index (χ0n) is 16.8. The molecule has 32 heavy (non-hydrogen) atoms. The van der Waals surface area contributed by atoms with Gasteiger partial charge < -0.3 is 10.4 Å². The normalized spacial score (nSPS) is 13.5. The van der Waals surface area contributed by atoms with Crippen LogP contribution in [0.4, 0.5) is 17.6 Å². The number of hydrogen-bond donors (Lipinski definition) is 2. The van der Waals surface area contributed by atoms with Gasteiger partial charge in [-0.15, -0.1) is 0 Å². The third-order valence-electron chi connectivity index (χ3n) is 4.49. The van der Waals surface area contributed by atoms with Crippen LogP contribution in [0.5, 0.6) is 0 Å². The highest BCUT2D eigenvalue weighted by Crippen LogP contribution is 2.26. The molecular formula is C20H17F4N5O3. The molecular weight excluding hydrogens is 434 g/mol. The van der Waals surface area contributed by atoms with Gasteiger partial charge in [0.25, 0.3) is 11.5 Å². The highest BCUT2D eigenvalue weighted by Gasteiger charge is 2.34. The van der Waals surface area contributed by atoms with Gasteiger partial charge in [0.05, 0.1) is 23.5 Å². The van der Waals surface area contributed by atoms with E-state index in [9.17, 15) is 32.3 Å². The van der Waals surface area contributed by atoms with Crippen molar-refractivity contribution in [2.24, 2.45) is 0 Å². The number of aliphatic hydroxyl groups is 1. The molecule has 0 bridgehead atoms. The SMILES string of the molecule is CC(O)C(C)NC(=O)c1cc(-c2cnc(C(F)(F)F)nc2)nn(-c2cccc(F)c2)c1=O. The molecule has 2 heterocycles. The predicted molar refractivity (Wildman–Crippen MR) is 104 cm³/mol. The summed E-state index contributed by atoms with van der Waals surface area (Å²) in [6.45, 7) is 2.95. The molecule has 0 radical (unpaired) electrons. The monoisotopic (exact) mass is 451 g/mol. The summed E-state index contributed by atoms with van der Waals surface area (Å²) < 4.78 is 52.7. The zero-order valence-corrected chi connectivity index (χ0v) is 16.8. The molecule has 2 atom stereocenters. The average Bonchev–Trinajstić information content (AvgIpc) is 2.73.